The number of H-pyrrole nitrogens is 1. The van der Waals surface area contributed by atoms with Gasteiger partial charge in [-0.1, -0.05) is 18.7 Å². The summed E-state index contributed by atoms with van der Waals surface area (Å²) in [6.45, 7) is 4.64. The second-order valence-corrected chi connectivity index (χ2v) is 10.8. The zero-order chi connectivity index (χ0) is 28.5. The quantitative estimate of drug-likeness (QED) is 0.374. The Labute approximate surface area is 232 Å². The molecule has 0 spiro atoms. The highest BCUT2D eigenvalue weighted by Crippen LogP contribution is 2.41. The molecule has 3 aromatic heterocycles. The summed E-state index contributed by atoms with van der Waals surface area (Å²) in [5, 5.41) is 4.97. The van der Waals surface area contributed by atoms with Gasteiger partial charge in [0.1, 0.15) is 5.52 Å². The van der Waals surface area contributed by atoms with Crippen LogP contribution in [0.15, 0.2) is 49.2 Å². The third-order valence-electron chi connectivity index (χ3n) is 8.19. The molecule has 1 atom stereocenters. The predicted octanol–water partition coefficient (Wildman–Crippen LogP) is 4.35. The molecule has 5 heterocycles. The van der Waals surface area contributed by atoms with Gasteiger partial charge in [-0.3, -0.25) is 9.59 Å². The zero-order valence-electron chi connectivity index (χ0n) is 22.0. The van der Waals surface area contributed by atoms with Gasteiger partial charge < -0.3 is 14.8 Å². The van der Waals surface area contributed by atoms with Crippen LogP contribution in [0.25, 0.3) is 16.9 Å². The van der Waals surface area contributed by atoms with Crippen LogP contribution >= 0.6 is 0 Å². The Kier molecular flexibility index (Phi) is 5.77. The Morgan fingerprint density at radius 3 is 2.59 bits per heavy atom. The van der Waals surface area contributed by atoms with Crippen molar-refractivity contribution in [2.75, 3.05) is 19.6 Å². The van der Waals surface area contributed by atoms with Gasteiger partial charge in [0.05, 0.1) is 28.7 Å². The number of benzene rings is 1. The van der Waals surface area contributed by atoms with E-state index >= 15 is 0 Å². The van der Waals surface area contributed by atoms with Crippen LogP contribution in [0.3, 0.4) is 0 Å². The van der Waals surface area contributed by atoms with E-state index in [9.17, 15) is 22.8 Å². The summed E-state index contributed by atoms with van der Waals surface area (Å²) in [7, 11) is 0. The van der Waals surface area contributed by atoms with Crippen molar-refractivity contribution in [1.82, 2.24) is 34.5 Å². The summed E-state index contributed by atoms with van der Waals surface area (Å²) in [5.41, 5.74) is 5.04. The number of hydrogen-bond acceptors (Lipinski definition) is 5. The number of aromatic nitrogens is 5. The molecule has 0 saturated heterocycles. The number of amides is 2. The van der Waals surface area contributed by atoms with Gasteiger partial charge in [0.25, 0.3) is 5.91 Å². The van der Waals surface area contributed by atoms with Gasteiger partial charge in [0, 0.05) is 44.2 Å². The van der Waals surface area contributed by atoms with Gasteiger partial charge in [-0.15, -0.1) is 0 Å². The summed E-state index contributed by atoms with van der Waals surface area (Å²) in [4.78, 5) is 39.7. The molecule has 0 bridgehead atoms. The highest BCUT2D eigenvalue weighted by Gasteiger charge is 2.40. The molecule has 3 aliphatic rings. The molecule has 1 aliphatic carbocycles. The van der Waals surface area contributed by atoms with Gasteiger partial charge in [0.15, 0.2) is 5.65 Å². The maximum atomic E-state index is 13.9. The molecule has 1 fully saturated rings. The number of rotatable bonds is 4. The summed E-state index contributed by atoms with van der Waals surface area (Å²) in [5.74, 6) is -1.16. The van der Waals surface area contributed by atoms with Crippen LogP contribution in [0.1, 0.15) is 63.5 Å². The van der Waals surface area contributed by atoms with E-state index in [0.29, 0.717) is 31.8 Å². The topological polar surface area (TPSA) is 100 Å². The number of alkyl halides is 3. The van der Waals surface area contributed by atoms with Crippen molar-refractivity contribution in [3.8, 4) is 5.69 Å². The number of carbonyl (C=O) groups excluding carboxylic acids is 2. The first kappa shape index (κ1) is 25.5. The molecule has 7 rings (SSSR count). The molecule has 1 N–H and O–H groups in total. The number of nitrogens with zero attached hydrogens (tertiary/aromatic N) is 6. The Morgan fingerprint density at radius 1 is 1.10 bits per heavy atom. The van der Waals surface area contributed by atoms with Crippen LogP contribution in [-0.2, 0) is 23.8 Å². The van der Waals surface area contributed by atoms with Crippen molar-refractivity contribution >= 4 is 23.0 Å². The maximum Gasteiger partial charge on any atom is 0.449 e. The molecular formula is C29H26F3N7O2. The summed E-state index contributed by atoms with van der Waals surface area (Å²) in [6.07, 6.45) is 1.35. The molecule has 0 radical (unpaired) electrons. The van der Waals surface area contributed by atoms with Gasteiger partial charge in [-0.2, -0.15) is 18.3 Å². The number of fused-ring (bicyclic) bond motifs is 1. The van der Waals surface area contributed by atoms with E-state index in [4.69, 9.17) is 5.10 Å². The number of nitrogens with one attached hydrogen (secondary N) is 1. The van der Waals surface area contributed by atoms with Crippen molar-refractivity contribution < 1.29 is 22.8 Å². The van der Waals surface area contributed by atoms with Crippen molar-refractivity contribution in [3.63, 3.8) is 0 Å². The minimum absolute atomic E-state index is 0.0478. The monoisotopic (exact) mass is 561 g/mol. The molecule has 2 amide bonds. The van der Waals surface area contributed by atoms with E-state index in [2.05, 4.69) is 45.8 Å². The van der Waals surface area contributed by atoms with E-state index in [1.807, 2.05) is 4.68 Å². The number of hydrogen-bond donors (Lipinski definition) is 1. The molecule has 9 nitrogen and oxygen atoms in total. The normalized spacial score (nSPS) is 18.8. The van der Waals surface area contributed by atoms with Crippen LogP contribution in [0.5, 0.6) is 0 Å². The van der Waals surface area contributed by atoms with Crippen molar-refractivity contribution in [1.29, 1.82) is 0 Å². The molecule has 1 aromatic carbocycles. The average Bonchev–Trinajstić information content (AvgIpc) is 3.66. The van der Waals surface area contributed by atoms with E-state index in [0.717, 1.165) is 22.6 Å². The molecule has 4 aromatic rings. The molecular weight excluding hydrogens is 535 g/mol. The number of halogens is 3. The Morgan fingerprint density at radius 2 is 1.88 bits per heavy atom. The minimum atomic E-state index is -4.66. The first-order valence-electron chi connectivity index (χ1n) is 13.6. The predicted molar refractivity (Wildman–Crippen MR) is 142 cm³/mol. The largest absolute Gasteiger partial charge is 0.449 e. The van der Waals surface area contributed by atoms with Gasteiger partial charge >= 0.3 is 6.18 Å². The van der Waals surface area contributed by atoms with Crippen molar-refractivity contribution in [3.05, 3.63) is 83.1 Å². The third-order valence-corrected chi connectivity index (χ3v) is 8.19. The van der Waals surface area contributed by atoms with Gasteiger partial charge in [-0.05, 0) is 48.6 Å². The lowest BCUT2D eigenvalue weighted by Gasteiger charge is -2.37. The van der Waals surface area contributed by atoms with Crippen LogP contribution in [-0.4, -0.2) is 66.0 Å². The number of aromatic amines is 1. The molecule has 2 aliphatic heterocycles. The molecule has 1 saturated carbocycles. The molecule has 12 heteroatoms. The highest BCUT2D eigenvalue weighted by atomic mass is 19.4. The SMILES string of the molecule is C=CC(=O)N1CCc2nn(-c3ccc(C4CC4)cc3)c3c2[C@@H](C1)N(C(=O)c1cnc2[nH]c(C(F)(F)F)nc2c1)CC3. The number of carbonyl (C=O) groups is 2. The van der Waals surface area contributed by atoms with E-state index < -0.39 is 23.9 Å². The molecule has 41 heavy (non-hydrogen) atoms. The van der Waals surface area contributed by atoms with E-state index in [1.54, 1.807) is 9.80 Å². The lowest BCUT2D eigenvalue weighted by Crippen LogP contribution is -2.45. The zero-order valence-corrected chi connectivity index (χ0v) is 22.0. The first-order valence-corrected chi connectivity index (χ1v) is 13.6. The standard InChI is InChI=1S/C29H26F3N7O2/c1-2-24(40)37-11-9-20-25-22(39(36-20)19-7-5-17(6-8-19)16-3-4-16)10-12-38(23(25)15-37)27(41)18-13-21-26(33-14-18)35-28(34-21)29(30,31)32/h2,5-8,13-14,16,23H,1,3-4,9-12,15H2,(H,33,34,35)/t23-/m1/s1. The van der Waals surface area contributed by atoms with Crippen molar-refractivity contribution in [2.45, 2.75) is 43.8 Å². The van der Waals surface area contributed by atoms with E-state index in [-0.39, 0.29) is 29.2 Å². The van der Waals surface area contributed by atoms with Gasteiger partial charge in [-0.25, -0.2) is 14.6 Å². The summed E-state index contributed by atoms with van der Waals surface area (Å²) >= 11 is 0. The number of imidazole rings is 1. The Balaban J connectivity index is 1.26. The smallest absolute Gasteiger partial charge is 0.336 e. The Hall–Kier alpha value is -4.48. The fourth-order valence-electron chi connectivity index (χ4n) is 6.00. The van der Waals surface area contributed by atoms with Crippen LogP contribution in [0, 0.1) is 0 Å². The second kappa shape index (κ2) is 9.28. The minimum Gasteiger partial charge on any atom is -0.336 e. The van der Waals surface area contributed by atoms with Crippen LogP contribution in [0.4, 0.5) is 13.2 Å². The van der Waals surface area contributed by atoms with Crippen LogP contribution in [0.2, 0.25) is 0 Å². The third kappa shape index (κ3) is 4.37. The second-order valence-electron chi connectivity index (χ2n) is 10.8. The molecule has 210 valence electrons. The molecule has 0 unspecified atom stereocenters. The lowest BCUT2D eigenvalue weighted by atomic mass is 9.95. The highest BCUT2D eigenvalue weighted by molar-refractivity contribution is 5.97. The van der Waals surface area contributed by atoms with Gasteiger partial charge in [0.2, 0.25) is 11.7 Å². The fourth-order valence-corrected chi connectivity index (χ4v) is 6.00. The first-order chi connectivity index (χ1) is 19.7. The summed E-state index contributed by atoms with van der Waals surface area (Å²) < 4.78 is 41.5. The lowest BCUT2D eigenvalue weighted by molar-refractivity contribution is -0.144. The average molecular weight is 562 g/mol. The Bertz CT molecular complexity index is 1700. The number of pyridine rings is 1. The maximum absolute atomic E-state index is 13.9. The van der Waals surface area contributed by atoms with Crippen LogP contribution < -0.4 is 0 Å². The van der Waals surface area contributed by atoms with E-state index in [1.165, 1.54) is 36.7 Å². The fraction of sp³-hybridized carbons (Fsp3) is 0.345. The van der Waals surface area contributed by atoms with Crippen molar-refractivity contribution in [2.24, 2.45) is 0 Å². The summed E-state index contributed by atoms with van der Waals surface area (Å²) in [6, 6.07) is 9.28.